The molecule has 0 aliphatic heterocycles. The van der Waals surface area contributed by atoms with E-state index in [0.29, 0.717) is 0 Å². The van der Waals surface area contributed by atoms with Crippen molar-refractivity contribution in [2.24, 2.45) is 4.99 Å². The van der Waals surface area contributed by atoms with Crippen molar-refractivity contribution in [1.82, 2.24) is 0 Å². The van der Waals surface area contributed by atoms with E-state index in [1.165, 1.54) is 18.2 Å². The van der Waals surface area contributed by atoms with Crippen LogP contribution in [0.1, 0.15) is 22.2 Å². The number of hydrogen-bond donors (Lipinski definition) is 0. The van der Waals surface area contributed by atoms with Crippen LogP contribution in [0.5, 0.6) is 0 Å². The second-order valence-electron chi connectivity index (χ2n) is 4.08. The average molecular weight is 415 g/mol. The zero-order chi connectivity index (χ0) is 17.1. The van der Waals surface area contributed by atoms with Gasteiger partial charge in [-0.2, -0.15) is 4.99 Å². The first-order chi connectivity index (χ1) is 10.9. The molecule has 3 nitrogen and oxygen atoms in total. The van der Waals surface area contributed by atoms with E-state index in [4.69, 9.17) is 51.1 Å². The summed E-state index contributed by atoms with van der Waals surface area (Å²) in [4.78, 5) is 16.1. The molecule has 0 radical (unpaired) electrons. The number of carbonyl (C=O) groups excluding carboxylic acids is 1. The van der Waals surface area contributed by atoms with Crippen LogP contribution >= 0.6 is 57.7 Å². The Balaban J connectivity index is 2.50. The minimum absolute atomic E-state index is 0.00843. The third-order valence-electron chi connectivity index (χ3n) is 2.61. The van der Waals surface area contributed by atoms with Crippen LogP contribution in [-0.2, 0) is 4.74 Å². The number of hydrogen-bond acceptors (Lipinski definition) is 3. The molecule has 0 atom stereocenters. The molecule has 0 spiro atoms. The van der Waals surface area contributed by atoms with Gasteiger partial charge in [-0.3, -0.25) is 4.79 Å². The van der Waals surface area contributed by atoms with Crippen molar-refractivity contribution in [3.63, 3.8) is 0 Å². The normalized spacial score (nSPS) is 11.7. The molecule has 1 aromatic heterocycles. The summed E-state index contributed by atoms with van der Waals surface area (Å²) in [5.74, 6) is -1.65. The Hall–Kier alpha value is -0.850. The molecule has 23 heavy (non-hydrogen) atoms. The lowest BCUT2D eigenvalue weighted by Gasteiger charge is -2.09. The monoisotopic (exact) mass is 413 g/mol. The Morgan fingerprint density at radius 1 is 1.26 bits per heavy atom. The maximum atomic E-state index is 14.0. The second-order valence-corrected chi connectivity index (χ2v) is 6.87. The maximum absolute atomic E-state index is 14.0. The molecule has 1 aromatic carbocycles. The number of halogens is 5. The molecule has 1 amide bonds. The molecule has 2 rings (SSSR count). The van der Waals surface area contributed by atoms with Crippen LogP contribution in [0.4, 0.5) is 4.39 Å². The van der Waals surface area contributed by atoms with Gasteiger partial charge in [-0.25, -0.2) is 4.39 Å². The lowest BCUT2D eigenvalue weighted by atomic mass is 10.2. The smallest absolute Gasteiger partial charge is 0.291 e. The quantitative estimate of drug-likeness (QED) is 0.447. The molecule has 0 bridgehead atoms. The highest BCUT2D eigenvalue weighted by Gasteiger charge is 2.22. The molecule has 2 aromatic rings. The first kappa shape index (κ1) is 18.5. The third-order valence-corrected chi connectivity index (χ3v) is 5.49. The van der Waals surface area contributed by atoms with Crippen molar-refractivity contribution in [3.05, 3.63) is 53.9 Å². The van der Waals surface area contributed by atoms with Crippen molar-refractivity contribution >= 4 is 69.5 Å². The summed E-state index contributed by atoms with van der Waals surface area (Å²) < 4.78 is 19.4. The molecule has 0 saturated heterocycles. The van der Waals surface area contributed by atoms with Crippen molar-refractivity contribution in [1.29, 1.82) is 0 Å². The van der Waals surface area contributed by atoms with E-state index >= 15 is 0 Å². The molecular formula is C14H8Cl4FNO2S. The predicted octanol–water partition coefficient (Wildman–Crippen LogP) is 6.12. The van der Waals surface area contributed by atoms with Crippen molar-refractivity contribution < 1.29 is 13.9 Å². The van der Waals surface area contributed by atoms with Crippen LogP contribution in [0.3, 0.4) is 0 Å². The van der Waals surface area contributed by atoms with E-state index in [-0.39, 0.29) is 42.3 Å². The highest BCUT2D eigenvalue weighted by atomic mass is 35.5. The number of aliphatic imine (C=N–C) groups is 1. The summed E-state index contributed by atoms with van der Waals surface area (Å²) in [6.07, 6.45) is 0. The lowest BCUT2D eigenvalue weighted by Crippen LogP contribution is -2.12. The van der Waals surface area contributed by atoms with Crippen LogP contribution < -0.4 is 0 Å². The van der Waals surface area contributed by atoms with Crippen molar-refractivity contribution in [2.75, 3.05) is 6.61 Å². The van der Waals surface area contributed by atoms with E-state index in [0.717, 1.165) is 11.3 Å². The van der Waals surface area contributed by atoms with E-state index < -0.39 is 11.7 Å². The van der Waals surface area contributed by atoms with E-state index in [2.05, 4.69) is 4.99 Å². The topological polar surface area (TPSA) is 38.7 Å². The molecule has 1 heterocycles. The van der Waals surface area contributed by atoms with E-state index in [1.807, 2.05) is 0 Å². The molecule has 122 valence electrons. The van der Waals surface area contributed by atoms with Gasteiger partial charge in [0.25, 0.3) is 5.91 Å². The number of benzene rings is 1. The van der Waals surface area contributed by atoms with Gasteiger partial charge in [-0.15, -0.1) is 11.3 Å². The summed E-state index contributed by atoms with van der Waals surface area (Å²) in [6.45, 7) is 1.83. The fourth-order valence-electron chi connectivity index (χ4n) is 1.64. The number of nitrogens with zero attached hydrogens (tertiary/aromatic N) is 1. The summed E-state index contributed by atoms with van der Waals surface area (Å²) >= 11 is 24.5. The molecule has 0 aliphatic carbocycles. The summed E-state index contributed by atoms with van der Waals surface area (Å²) in [5, 5.41) is 0.128. The number of rotatable bonds is 3. The van der Waals surface area contributed by atoms with Gasteiger partial charge < -0.3 is 4.74 Å². The van der Waals surface area contributed by atoms with Crippen molar-refractivity contribution in [3.8, 4) is 0 Å². The van der Waals surface area contributed by atoms with Crippen LogP contribution in [0, 0.1) is 5.82 Å². The van der Waals surface area contributed by atoms with E-state index in [1.54, 1.807) is 6.92 Å². The molecule has 9 heteroatoms. The third kappa shape index (κ3) is 3.98. The van der Waals surface area contributed by atoms with Gasteiger partial charge >= 0.3 is 0 Å². The molecular weight excluding hydrogens is 407 g/mol. The minimum Gasteiger partial charge on any atom is -0.477 e. The van der Waals surface area contributed by atoms with Gasteiger partial charge in [0, 0.05) is 0 Å². The van der Waals surface area contributed by atoms with Crippen molar-refractivity contribution in [2.45, 2.75) is 6.92 Å². The minimum atomic E-state index is -0.753. The Bertz CT molecular complexity index is 771. The Morgan fingerprint density at radius 3 is 2.48 bits per heavy atom. The first-order valence-corrected chi connectivity index (χ1v) is 8.53. The molecule has 0 N–H and O–H groups in total. The summed E-state index contributed by atoms with van der Waals surface area (Å²) in [5.41, 5.74) is -0.103. The Morgan fingerprint density at radius 2 is 1.96 bits per heavy atom. The molecule has 0 fully saturated rings. The summed E-state index contributed by atoms with van der Waals surface area (Å²) in [7, 11) is 0. The number of ether oxygens (including phenoxy) is 1. The zero-order valence-electron chi connectivity index (χ0n) is 11.5. The van der Waals surface area contributed by atoms with E-state index in [9.17, 15) is 9.18 Å². The molecule has 0 aliphatic rings. The van der Waals surface area contributed by atoms with Gasteiger partial charge in [0.15, 0.2) is 0 Å². The first-order valence-electron chi connectivity index (χ1n) is 6.20. The highest BCUT2D eigenvalue weighted by Crippen LogP contribution is 2.40. The van der Waals surface area contributed by atoms with Gasteiger partial charge in [0.1, 0.15) is 15.0 Å². The lowest BCUT2D eigenvalue weighted by molar-refractivity contribution is 0.100. The summed E-state index contributed by atoms with van der Waals surface area (Å²) in [6, 6.07) is 4.08. The standard InChI is InChI=1S/C14H8Cl4FNO2S/c1-2-22-14(8-6(15)4-3-5-7(8)19)20-13(21)11-9(16)10(17)12(18)23-11/h3-5H,2H2,1H3. The number of amides is 1. The highest BCUT2D eigenvalue weighted by molar-refractivity contribution is 7.19. The van der Waals surface area contributed by atoms with Crippen LogP contribution in [0.25, 0.3) is 0 Å². The largest absolute Gasteiger partial charge is 0.477 e. The van der Waals surface area contributed by atoms with Gasteiger partial charge in [-0.05, 0) is 19.1 Å². The van der Waals surface area contributed by atoms with Gasteiger partial charge in [0.2, 0.25) is 5.90 Å². The fourth-order valence-corrected chi connectivity index (χ4v) is 3.57. The Labute approximate surface area is 155 Å². The maximum Gasteiger partial charge on any atom is 0.291 e. The zero-order valence-corrected chi connectivity index (χ0v) is 15.3. The SMILES string of the molecule is CCOC(=NC(=O)c1sc(Cl)c(Cl)c1Cl)c1c(F)cccc1Cl. The average Bonchev–Trinajstić information content (AvgIpc) is 2.75. The second kappa shape index (κ2) is 7.81. The van der Waals surface area contributed by atoms with Gasteiger partial charge in [0.05, 0.1) is 27.2 Å². The van der Waals surface area contributed by atoms with Crippen LogP contribution in [0.15, 0.2) is 23.2 Å². The number of thiophene rings is 1. The van der Waals surface area contributed by atoms with Crippen LogP contribution in [-0.4, -0.2) is 18.4 Å². The Kier molecular flexibility index (Phi) is 6.28. The number of carbonyl (C=O) groups is 1. The molecule has 0 unspecified atom stereocenters. The van der Waals surface area contributed by atoms with Gasteiger partial charge in [-0.1, -0.05) is 52.5 Å². The van der Waals surface area contributed by atoms with Crippen LogP contribution in [0.2, 0.25) is 19.4 Å². The fraction of sp³-hybridized carbons (Fsp3) is 0.143. The predicted molar refractivity (Wildman–Crippen MR) is 93.3 cm³/mol. The molecule has 0 saturated carbocycles.